The molecule has 4 atom stereocenters. The molecule has 0 spiro atoms. The van der Waals surface area contributed by atoms with Gasteiger partial charge in [0, 0.05) is 23.7 Å². The first kappa shape index (κ1) is 27.9. The fourth-order valence-electron chi connectivity index (χ4n) is 5.05. The lowest BCUT2D eigenvalue weighted by Gasteiger charge is -2.41. The average molecular weight is 557 g/mol. The Morgan fingerprint density at radius 2 is 1.95 bits per heavy atom. The molecular weight excluding hydrogens is 526 g/mol. The van der Waals surface area contributed by atoms with Crippen molar-refractivity contribution in [2.45, 2.75) is 70.5 Å². The van der Waals surface area contributed by atoms with Gasteiger partial charge in [-0.05, 0) is 52.3 Å². The number of aryl methyl sites for hydroxylation is 1. The van der Waals surface area contributed by atoms with Gasteiger partial charge in [-0.15, -0.1) is 0 Å². The lowest BCUT2D eigenvalue weighted by molar-refractivity contribution is -0.147. The zero-order chi connectivity index (χ0) is 28.2. The van der Waals surface area contributed by atoms with Crippen LogP contribution in [0.1, 0.15) is 61.9 Å². The third-order valence-corrected chi connectivity index (χ3v) is 7.38. The summed E-state index contributed by atoms with van der Waals surface area (Å²) in [4.78, 5) is 26.6. The number of hydrogen-bond donors (Lipinski definition) is 2. The highest BCUT2D eigenvalue weighted by Gasteiger charge is 2.47. The number of hydrogen-bond acceptors (Lipinski definition) is 8. The number of fused-ring (bicyclic) bond motifs is 1. The SMILES string of the molecule is Cc1nn(S(C)(=O)=O)c2c1C(C(=O)O)N([C@H]1CO[C@H](c3cc(F)ccc3F)[C@@H](NC(=O)OC(C)(C)C)C1)C2. The van der Waals surface area contributed by atoms with Crippen LogP contribution >= 0.6 is 0 Å². The van der Waals surface area contributed by atoms with Crippen LogP contribution in [0.15, 0.2) is 18.2 Å². The van der Waals surface area contributed by atoms with E-state index in [1.54, 1.807) is 25.7 Å². The normalized spacial score (nSPS) is 24.2. The molecule has 1 aromatic carbocycles. The molecule has 4 rings (SSSR count). The smallest absolute Gasteiger partial charge is 0.407 e. The van der Waals surface area contributed by atoms with E-state index in [0.29, 0.717) is 0 Å². The maximum Gasteiger partial charge on any atom is 0.407 e. The largest absolute Gasteiger partial charge is 0.480 e. The molecule has 0 aliphatic carbocycles. The summed E-state index contributed by atoms with van der Waals surface area (Å²) in [7, 11) is -3.80. The van der Waals surface area contributed by atoms with Crippen LogP contribution < -0.4 is 5.32 Å². The van der Waals surface area contributed by atoms with Gasteiger partial charge in [0.1, 0.15) is 29.4 Å². The number of carboxylic acid groups (broad SMARTS) is 1. The molecule has 1 fully saturated rings. The van der Waals surface area contributed by atoms with Crippen molar-refractivity contribution in [3.8, 4) is 0 Å². The fraction of sp³-hybridized carbons (Fsp3) is 0.542. The van der Waals surface area contributed by atoms with E-state index in [1.165, 1.54) is 6.92 Å². The number of aliphatic carboxylic acids is 1. The second-order valence-electron chi connectivity index (χ2n) is 10.5. The predicted molar refractivity (Wildman–Crippen MR) is 130 cm³/mol. The molecule has 1 unspecified atom stereocenters. The maximum absolute atomic E-state index is 14.7. The number of carbonyl (C=O) groups is 2. The molecule has 0 radical (unpaired) electrons. The van der Waals surface area contributed by atoms with Crippen LogP contribution in [0.4, 0.5) is 13.6 Å². The van der Waals surface area contributed by atoms with Gasteiger partial charge in [-0.25, -0.2) is 22.0 Å². The minimum atomic E-state index is -3.80. The van der Waals surface area contributed by atoms with Crippen LogP contribution in [0.5, 0.6) is 0 Å². The standard InChI is InChI=1S/C24H30F2N4O7S/c1-12-19-18(30(28-12)38(5,34)35)10-29(20(19)22(31)32)14-9-17(27-23(33)37-24(2,3)4)21(36-11-14)15-8-13(25)6-7-16(15)26/h6-8,14,17,20-21H,9-11H2,1-5H3,(H,27,33)(H,31,32)/t14-,17+,20?,21-/m1/s1. The van der Waals surface area contributed by atoms with Gasteiger partial charge in [-0.2, -0.15) is 9.19 Å². The molecule has 11 nitrogen and oxygen atoms in total. The highest BCUT2D eigenvalue weighted by atomic mass is 32.2. The highest BCUT2D eigenvalue weighted by Crippen LogP contribution is 2.42. The van der Waals surface area contributed by atoms with Crippen molar-refractivity contribution in [1.29, 1.82) is 0 Å². The Hall–Kier alpha value is -3.10. The number of ether oxygens (including phenoxy) is 2. The first-order valence-corrected chi connectivity index (χ1v) is 13.7. The minimum Gasteiger partial charge on any atom is -0.480 e. The summed E-state index contributed by atoms with van der Waals surface area (Å²) in [6.07, 6.45) is -0.840. The number of nitrogens with one attached hydrogen (secondary N) is 1. The molecule has 0 bridgehead atoms. The van der Waals surface area contributed by atoms with E-state index in [9.17, 15) is 31.9 Å². The van der Waals surface area contributed by atoms with Gasteiger partial charge in [0.2, 0.25) is 0 Å². The molecule has 2 aromatic rings. The number of amides is 1. The van der Waals surface area contributed by atoms with Crippen molar-refractivity contribution in [2.75, 3.05) is 12.9 Å². The highest BCUT2D eigenvalue weighted by molar-refractivity contribution is 7.89. The summed E-state index contributed by atoms with van der Waals surface area (Å²) in [6.45, 7) is 6.39. The molecule has 2 aliphatic rings. The number of rotatable bonds is 5. The third kappa shape index (κ3) is 5.52. The molecule has 14 heteroatoms. The molecule has 1 aromatic heterocycles. The summed E-state index contributed by atoms with van der Waals surface area (Å²) >= 11 is 0. The van der Waals surface area contributed by atoms with Crippen LogP contribution in [-0.4, -0.2) is 70.2 Å². The quantitative estimate of drug-likeness (QED) is 0.569. The van der Waals surface area contributed by atoms with E-state index in [4.69, 9.17) is 9.47 Å². The van der Waals surface area contributed by atoms with Gasteiger partial charge in [0.15, 0.2) is 0 Å². The van der Waals surface area contributed by atoms with Crippen molar-refractivity contribution in [3.63, 3.8) is 0 Å². The van der Waals surface area contributed by atoms with Gasteiger partial charge >= 0.3 is 12.1 Å². The molecular formula is C24H30F2N4O7S. The van der Waals surface area contributed by atoms with Crippen molar-refractivity contribution < 1.29 is 41.4 Å². The van der Waals surface area contributed by atoms with E-state index in [1.807, 2.05) is 0 Å². The van der Waals surface area contributed by atoms with Crippen molar-refractivity contribution in [2.24, 2.45) is 0 Å². The van der Waals surface area contributed by atoms with E-state index in [0.717, 1.165) is 28.5 Å². The minimum absolute atomic E-state index is 0.0631. The number of nitrogens with zero attached hydrogens (tertiary/aromatic N) is 3. The number of carboxylic acids is 1. The summed E-state index contributed by atoms with van der Waals surface area (Å²) in [5.74, 6) is -2.63. The van der Waals surface area contributed by atoms with Gasteiger partial charge in [0.05, 0.1) is 30.3 Å². The number of aromatic nitrogens is 2. The summed E-state index contributed by atoms with van der Waals surface area (Å²) in [5.41, 5.74) is -0.170. The van der Waals surface area contributed by atoms with Crippen LogP contribution in [0, 0.1) is 18.6 Å². The fourth-order valence-corrected chi connectivity index (χ4v) is 5.88. The Morgan fingerprint density at radius 3 is 2.55 bits per heavy atom. The lowest BCUT2D eigenvalue weighted by atomic mass is 9.92. The van der Waals surface area contributed by atoms with Crippen LogP contribution in [0.3, 0.4) is 0 Å². The van der Waals surface area contributed by atoms with Gasteiger partial charge in [-0.1, -0.05) is 0 Å². The summed E-state index contributed by atoms with van der Waals surface area (Å²) in [5, 5.41) is 16.8. The molecule has 1 amide bonds. The molecule has 1 saturated heterocycles. The molecule has 2 aliphatic heterocycles. The number of carbonyl (C=O) groups excluding carboxylic acids is 1. The Kier molecular flexibility index (Phi) is 7.27. The van der Waals surface area contributed by atoms with E-state index < -0.39 is 63.6 Å². The van der Waals surface area contributed by atoms with Crippen molar-refractivity contribution in [1.82, 2.24) is 19.4 Å². The summed E-state index contributed by atoms with van der Waals surface area (Å²) in [6, 6.07) is 0.127. The number of alkyl carbamates (subject to hydrolysis) is 1. The van der Waals surface area contributed by atoms with Crippen molar-refractivity contribution >= 4 is 22.1 Å². The lowest BCUT2D eigenvalue weighted by Crippen LogP contribution is -2.53. The number of benzene rings is 1. The second kappa shape index (κ2) is 9.89. The van der Waals surface area contributed by atoms with E-state index in [-0.39, 0.29) is 42.1 Å². The van der Waals surface area contributed by atoms with Crippen LogP contribution in [-0.2, 0) is 30.8 Å². The molecule has 0 saturated carbocycles. The van der Waals surface area contributed by atoms with Crippen molar-refractivity contribution in [3.05, 3.63) is 52.3 Å². The first-order valence-electron chi connectivity index (χ1n) is 11.9. The zero-order valence-electron chi connectivity index (χ0n) is 21.6. The molecule has 3 heterocycles. The number of halogens is 2. The van der Waals surface area contributed by atoms with Crippen LogP contribution in [0.25, 0.3) is 0 Å². The first-order chi connectivity index (χ1) is 17.6. The van der Waals surface area contributed by atoms with Gasteiger partial charge in [-0.3, -0.25) is 9.69 Å². The summed E-state index contributed by atoms with van der Waals surface area (Å²) < 4.78 is 65.4. The second-order valence-corrected chi connectivity index (χ2v) is 12.3. The van der Waals surface area contributed by atoms with Crippen LogP contribution in [0.2, 0.25) is 0 Å². The van der Waals surface area contributed by atoms with Gasteiger partial charge in [0.25, 0.3) is 10.0 Å². The van der Waals surface area contributed by atoms with Gasteiger partial charge < -0.3 is 19.9 Å². The Bertz CT molecular complexity index is 1370. The maximum atomic E-state index is 14.7. The predicted octanol–water partition coefficient (Wildman–Crippen LogP) is 2.64. The van der Waals surface area contributed by atoms with E-state index >= 15 is 0 Å². The monoisotopic (exact) mass is 556 g/mol. The molecule has 208 valence electrons. The zero-order valence-corrected chi connectivity index (χ0v) is 22.4. The Balaban J connectivity index is 1.68. The molecule has 2 N–H and O–H groups in total. The van der Waals surface area contributed by atoms with E-state index in [2.05, 4.69) is 10.4 Å². The Labute approximate surface area is 218 Å². The average Bonchev–Trinajstić information content (AvgIpc) is 3.32. The Morgan fingerprint density at radius 1 is 1.26 bits per heavy atom. The third-order valence-electron chi connectivity index (χ3n) is 6.45. The molecule has 38 heavy (non-hydrogen) atoms. The topological polar surface area (TPSA) is 140 Å².